The van der Waals surface area contributed by atoms with Crippen LogP contribution in [0.15, 0.2) is 12.4 Å². The zero-order valence-electron chi connectivity index (χ0n) is 8.66. The highest BCUT2D eigenvalue weighted by Crippen LogP contribution is 1.94. The summed E-state index contributed by atoms with van der Waals surface area (Å²) >= 11 is 0. The number of unbranched alkanes of at least 4 members (excludes halogenated alkanes) is 1. The first-order valence-corrected chi connectivity index (χ1v) is 4.95. The Kier molecular flexibility index (Phi) is 4.81. The van der Waals surface area contributed by atoms with Crippen molar-refractivity contribution < 1.29 is 0 Å². The maximum atomic E-state index is 5.15. The molecule has 76 valence electrons. The summed E-state index contributed by atoms with van der Waals surface area (Å²) in [6.07, 6.45) is 11.8. The summed E-state index contributed by atoms with van der Waals surface area (Å²) in [5.41, 5.74) is 0. The smallest absolute Gasteiger partial charge is 0.109 e. The third-order valence-electron chi connectivity index (χ3n) is 2.12. The molecule has 0 atom stereocenters. The summed E-state index contributed by atoms with van der Waals surface area (Å²) in [5.74, 6) is 3.74. The third-order valence-corrected chi connectivity index (χ3v) is 2.12. The molecule has 1 aromatic rings. The van der Waals surface area contributed by atoms with Crippen LogP contribution in [0.5, 0.6) is 0 Å². The maximum Gasteiger partial charge on any atom is 0.109 e. The van der Waals surface area contributed by atoms with Crippen molar-refractivity contribution in [2.24, 2.45) is 7.05 Å². The molecule has 0 amide bonds. The zero-order chi connectivity index (χ0) is 10.2. The fraction of sp³-hybridized carbons (Fsp3) is 0.545. The molecule has 0 aliphatic heterocycles. The van der Waals surface area contributed by atoms with E-state index in [4.69, 9.17) is 6.42 Å². The summed E-state index contributed by atoms with van der Waals surface area (Å²) in [6.45, 7) is 1.96. The minimum atomic E-state index is 0.857. The molecule has 0 spiro atoms. The van der Waals surface area contributed by atoms with Crippen LogP contribution in [0.1, 0.15) is 18.7 Å². The first kappa shape index (κ1) is 10.8. The SMILES string of the molecule is C#CCCCNCCc1nccn1C. The van der Waals surface area contributed by atoms with Gasteiger partial charge in [-0.25, -0.2) is 4.98 Å². The van der Waals surface area contributed by atoms with Crippen LogP contribution in [-0.2, 0) is 13.5 Å². The van der Waals surface area contributed by atoms with Gasteiger partial charge in [0.05, 0.1) is 0 Å². The number of nitrogens with zero attached hydrogens (tertiary/aromatic N) is 2. The second-order valence-electron chi connectivity index (χ2n) is 3.26. The van der Waals surface area contributed by atoms with Crippen molar-refractivity contribution in [3.05, 3.63) is 18.2 Å². The van der Waals surface area contributed by atoms with Gasteiger partial charge in [0, 0.05) is 38.8 Å². The monoisotopic (exact) mass is 191 g/mol. The van der Waals surface area contributed by atoms with Crippen LogP contribution in [0.25, 0.3) is 0 Å². The van der Waals surface area contributed by atoms with Gasteiger partial charge in [0.15, 0.2) is 0 Å². The largest absolute Gasteiger partial charge is 0.338 e. The number of terminal acetylenes is 1. The summed E-state index contributed by atoms with van der Waals surface area (Å²) in [6, 6.07) is 0. The minimum Gasteiger partial charge on any atom is -0.338 e. The van der Waals surface area contributed by atoms with Crippen LogP contribution in [0, 0.1) is 12.3 Å². The molecule has 0 saturated heterocycles. The van der Waals surface area contributed by atoms with Gasteiger partial charge in [-0.05, 0) is 13.0 Å². The van der Waals surface area contributed by atoms with E-state index in [0.717, 1.165) is 38.2 Å². The highest BCUT2D eigenvalue weighted by molar-refractivity contribution is 4.91. The number of aromatic nitrogens is 2. The van der Waals surface area contributed by atoms with E-state index in [1.54, 1.807) is 0 Å². The fourth-order valence-corrected chi connectivity index (χ4v) is 1.28. The van der Waals surface area contributed by atoms with Gasteiger partial charge in [-0.15, -0.1) is 12.3 Å². The number of hydrogen-bond acceptors (Lipinski definition) is 2. The number of imidazole rings is 1. The first-order chi connectivity index (χ1) is 6.84. The summed E-state index contributed by atoms with van der Waals surface area (Å²) in [4.78, 5) is 4.24. The molecule has 1 N–H and O–H groups in total. The van der Waals surface area contributed by atoms with Gasteiger partial charge in [-0.2, -0.15) is 0 Å². The molecule has 0 unspecified atom stereocenters. The lowest BCUT2D eigenvalue weighted by molar-refractivity contribution is 0.635. The van der Waals surface area contributed by atoms with E-state index in [1.807, 2.05) is 24.0 Å². The van der Waals surface area contributed by atoms with Gasteiger partial charge in [-0.3, -0.25) is 0 Å². The van der Waals surface area contributed by atoms with Gasteiger partial charge in [0.2, 0.25) is 0 Å². The Morgan fingerprint density at radius 1 is 1.57 bits per heavy atom. The van der Waals surface area contributed by atoms with Crippen LogP contribution in [-0.4, -0.2) is 22.6 Å². The lowest BCUT2D eigenvalue weighted by atomic mass is 10.3. The Balaban J connectivity index is 2.05. The Labute approximate surface area is 85.5 Å². The lowest BCUT2D eigenvalue weighted by Crippen LogP contribution is -2.19. The fourth-order valence-electron chi connectivity index (χ4n) is 1.28. The highest BCUT2D eigenvalue weighted by Gasteiger charge is 1.97. The van der Waals surface area contributed by atoms with Crippen molar-refractivity contribution in [1.82, 2.24) is 14.9 Å². The van der Waals surface area contributed by atoms with Gasteiger partial charge in [0.1, 0.15) is 5.82 Å². The number of rotatable bonds is 6. The highest BCUT2D eigenvalue weighted by atomic mass is 15.0. The van der Waals surface area contributed by atoms with E-state index < -0.39 is 0 Å². The lowest BCUT2D eigenvalue weighted by Gasteiger charge is -2.03. The van der Waals surface area contributed by atoms with Crippen molar-refractivity contribution in [2.75, 3.05) is 13.1 Å². The Bertz CT molecular complexity index is 296. The molecular weight excluding hydrogens is 174 g/mol. The quantitative estimate of drug-likeness (QED) is 0.536. The van der Waals surface area contributed by atoms with Crippen LogP contribution >= 0.6 is 0 Å². The van der Waals surface area contributed by atoms with E-state index in [1.165, 1.54) is 0 Å². The second-order valence-corrected chi connectivity index (χ2v) is 3.26. The second kappa shape index (κ2) is 6.22. The van der Waals surface area contributed by atoms with E-state index in [0.29, 0.717) is 0 Å². The van der Waals surface area contributed by atoms with Gasteiger partial charge < -0.3 is 9.88 Å². The van der Waals surface area contributed by atoms with Crippen molar-refractivity contribution in [2.45, 2.75) is 19.3 Å². The van der Waals surface area contributed by atoms with Crippen LogP contribution in [0.3, 0.4) is 0 Å². The summed E-state index contributed by atoms with van der Waals surface area (Å²) in [5, 5.41) is 3.34. The molecule has 0 saturated carbocycles. The molecule has 1 aromatic heterocycles. The normalized spacial score (nSPS) is 10.0. The van der Waals surface area contributed by atoms with E-state index in [-0.39, 0.29) is 0 Å². The third kappa shape index (κ3) is 3.63. The molecular formula is C11H17N3. The molecule has 0 radical (unpaired) electrons. The maximum absolute atomic E-state index is 5.15. The minimum absolute atomic E-state index is 0.857. The molecule has 0 fully saturated rings. The molecule has 0 aromatic carbocycles. The number of aryl methyl sites for hydroxylation is 1. The van der Waals surface area contributed by atoms with Gasteiger partial charge in [-0.1, -0.05) is 0 Å². The van der Waals surface area contributed by atoms with Crippen molar-refractivity contribution in [1.29, 1.82) is 0 Å². The summed E-state index contributed by atoms with van der Waals surface area (Å²) in [7, 11) is 2.01. The van der Waals surface area contributed by atoms with E-state index in [9.17, 15) is 0 Å². The topological polar surface area (TPSA) is 29.9 Å². The number of hydrogen-bond donors (Lipinski definition) is 1. The van der Waals surface area contributed by atoms with Crippen LogP contribution in [0.4, 0.5) is 0 Å². The molecule has 0 bridgehead atoms. The molecule has 3 nitrogen and oxygen atoms in total. The molecule has 3 heteroatoms. The molecule has 0 aliphatic carbocycles. The molecule has 1 rings (SSSR count). The van der Waals surface area contributed by atoms with Crippen molar-refractivity contribution in [3.63, 3.8) is 0 Å². The predicted molar refractivity (Wildman–Crippen MR) is 57.8 cm³/mol. The molecule has 0 aliphatic rings. The molecule has 14 heavy (non-hydrogen) atoms. The van der Waals surface area contributed by atoms with Crippen molar-refractivity contribution >= 4 is 0 Å². The van der Waals surface area contributed by atoms with E-state index in [2.05, 4.69) is 16.2 Å². The Morgan fingerprint density at radius 2 is 2.43 bits per heavy atom. The zero-order valence-corrected chi connectivity index (χ0v) is 8.66. The standard InChI is InChI=1S/C11H17N3/c1-3-4-5-7-12-8-6-11-13-9-10-14(11)2/h1,9-10,12H,4-8H2,2H3. The van der Waals surface area contributed by atoms with Gasteiger partial charge in [0.25, 0.3) is 0 Å². The van der Waals surface area contributed by atoms with Crippen LogP contribution in [0.2, 0.25) is 0 Å². The first-order valence-electron chi connectivity index (χ1n) is 4.95. The van der Waals surface area contributed by atoms with Gasteiger partial charge >= 0.3 is 0 Å². The average Bonchev–Trinajstić information content (AvgIpc) is 2.58. The molecule has 1 heterocycles. The average molecular weight is 191 g/mol. The predicted octanol–water partition coefficient (Wildman–Crippen LogP) is 0.966. The van der Waals surface area contributed by atoms with Crippen LogP contribution < -0.4 is 5.32 Å². The Morgan fingerprint density at radius 3 is 3.07 bits per heavy atom. The number of nitrogens with one attached hydrogen (secondary N) is 1. The summed E-state index contributed by atoms with van der Waals surface area (Å²) < 4.78 is 2.04. The van der Waals surface area contributed by atoms with Crippen molar-refractivity contribution in [3.8, 4) is 12.3 Å². The van der Waals surface area contributed by atoms with E-state index >= 15 is 0 Å². The Hall–Kier alpha value is -1.27.